The minimum absolute atomic E-state index is 0.469. The monoisotopic (exact) mass is 370 g/mol. The first kappa shape index (κ1) is 16.5. The maximum Gasteiger partial charge on any atom is 0.208 e. The van der Waals surface area contributed by atoms with Crippen LogP contribution < -0.4 is 4.90 Å². The van der Waals surface area contributed by atoms with Crippen molar-refractivity contribution in [3.05, 3.63) is 35.3 Å². The van der Waals surface area contributed by atoms with Gasteiger partial charge in [-0.25, -0.2) is 0 Å². The van der Waals surface area contributed by atoms with E-state index in [0.29, 0.717) is 17.1 Å². The van der Waals surface area contributed by atoms with Gasteiger partial charge in [-0.3, -0.25) is 0 Å². The highest BCUT2D eigenvalue weighted by Gasteiger charge is 2.50. The average Bonchev–Trinajstić information content (AvgIpc) is 3.31. The van der Waals surface area contributed by atoms with Crippen LogP contribution >= 0.6 is 11.3 Å². The van der Waals surface area contributed by atoms with Gasteiger partial charge in [-0.15, -0.1) is 10.2 Å². The van der Waals surface area contributed by atoms with Gasteiger partial charge in [0.15, 0.2) is 0 Å². The fraction of sp³-hybridized carbons (Fsp3) is 0.600. The molecule has 6 heteroatoms. The molecule has 2 saturated heterocycles. The van der Waals surface area contributed by atoms with E-state index in [-0.39, 0.29) is 0 Å². The zero-order chi connectivity index (χ0) is 17.6. The Bertz CT molecular complexity index is 751. The van der Waals surface area contributed by atoms with E-state index in [1.165, 1.54) is 32.4 Å². The zero-order valence-corrected chi connectivity index (χ0v) is 15.9. The fourth-order valence-corrected chi connectivity index (χ4v) is 5.95. The number of hydrogen-bond acceptors (Lipinski definition) is 6. The average molecular weight is 371 g/mol. The molecule has 2 aliphatic heterocycles. The normalized spacial score (nSPS) is 26.3. The summed E-state index contributed by atoms with van der Waals surface area (Å²) in [6.07, 6.45) is 6.36. The molecule has 26 heavy (non-hydrogen) atoms. The predicted molar refractivity (Wildman–Crippen MR) is 104 cm³/mol. The molecule has 0 bridgehead atoms. The molecule has 1 saturated carbocycles. The summed E-state index contributed by atoms with van der Waals surface area (Å²) in [6.45, 7) is 4.65. The maximum absolute atomic E-state index is 10.1. The third-order valence-corrected chi connectivity index (χ3v) is 7.52. The molecule has 1 aliphatic carbocycles. The van der Waals surface area contributed by atoms with Crippen LogP contribution in [0.4, 0.5) is 5.13 Å². The van der Waals surface area contributed by atoms with Crippen LogP contribution in [0.15, 0.2) is 29.8 Å². The first-order valence-electron chi connectivity index (χ1n) is 9.76. The largest absolute Gasteiger partial charge is 0.508 e. The molecule has 2 aromatic rings. The van der Waals surface area contributed by atoms with E-state index in [9.17, 15) is 5.11 Å². The van der Waals surface area contributed by atoms with Gasteiger partial charge in [-0.05, 0) is 62.7 Å². The summed E-state index contributed by atoms with van der Waals surface area (Å²) in [5, 5.41) is 19.4. The van der Waals surface area contributed by atoms with Crippen molar-refractivity contribution in [3.8, 4) is 5.75 Å². The summed E-state index contributed by atoms with van der Waals surface area (Å²) in [6, 6.07) is 8.62. The van der Waals surface area contributed by atoms with Crippen LogP contribution in [0, 0.1) is 5.41 Å². The van der Waals surface area contributed by atoms with Crippen molar-refractivity contribution in [3.63, 3.8) is 0 Å². The number of likely N-dealkylation sites (tertiary alicyclic amines) is 1. The van der Waals surface area contributed by atoms with Gasteiger partial charge in [0.05, 0.1) is 0 Å². The summed E-state index contributed by atoms with van der Waals surface area (Å²) in [5.41, 5.74) is 3.49. The van der Waals surface area contributed by atoms with Crippen molar-refractivity contribution in [1.82, 2.24) is 15.1 Å². The van der Waals surface area contributed by atoms with E-state index in [1.54, 1.807) is 11.3 Å². The summed E-state index contributed by atoms with van der Waals surface area (Å²) in [5.74, 6) is 0.983. The van der Waals surface area contributed by atoms with E-state index >= 15 is 0 Å². The molecule has 1 N–H and O–H groups in total. The molecule has 138 valence electrons. The van der Waals surface area contributed by atoms with Crippen molar-refractivity contribution in [1.29, 1.82) is 0 Å². The van der Waals surface area contributed by atoms with Crippen molar-refractivity contribution < 1.29 is 5.11 Å². The van der Waals surface area contributed by atoms with Crippen LogP contribution in [-0.2, 0) is 0 Å². The van der Waals surface area contributed by atoms with Crippen LogP contribution in [-0.4, -0.2) is 52.4 Å². The Morgan fingerprint density at radius 1 is 1.12 bits per heavy atom. The molecular formula is C20H26N4OS. The number of phenolic OH excluding ortho intramolecular Hbond substituents is 1. The quantitative estimate of drug-likeness (QED) is 0.896. The molecule has 3 heterocycles. The minimum Gasteiger partial charge on any atom is -0.508 e. The van der Waals surface area contributed by atoms with Gasteiger partial charge in [0.2, 0.25) is 5.13 Å². The van der Waals surface area contributed by atoms with Crippen molar-refractivity contribution in [2.24, 2.45) is 5.41 Å². The van der Waals surface area contributed by atoms with E-state index in [0.717, 1.165) is 42.7 Å². The number of nitrogens with zero attached hydrogens (tertiary/aromatic N) is 4. The number of phenols is 1. The van der Waals surface area contributed by atoms with E-state index < -0.39 is 0 Å². The van der Waals surface area contributed by atoms with E-state index in [4.69, 9.17) is 0 Å². The topological polar surface area (TPSA) is 52.5 Å². The van der Waals surface area contributed by atoms with Gasteiger partial charge < -0.3 is 14.9 Å². The Labute approximate surface area is 158 Å². The third-order valence-electron chi connectivity index (χ3n) is 6.77. The Hall–Kier alpha value is -1.66. The van der Waals surface area contributed by atoms with Gasteiger partial charge in [0.1, 0.15) is 11.3 Å². The minimum atomic E-state index is 0.469. The lowest BCUT2D eigenvalue weighted by Crippen LogP contribution is -2.56. The van der Waals surface area contributed by atoms with Gasteiger partial charge in [0, 0.05) is 24.5 Å². The smallest absolute Gasteiger partial charge is 0.208 e. The molecule has 0 amide bonds. The van der Waals surface area contributed by atoms with Gasteiger partial charge in [-0.1, -0.05) is 29.5 Å². The van der Waals surface area contributed by atoms with Crippen LogP contribution in [0.3, 0.4) is 0 Å². The van der Waals surface area contributed by atoms with Gasteiger partial charge >= 0.3 is 0 Å². The molecule has 0 radical (unpaired) electrons. The second-order valence-corrected chi connectivity index (χ2v) is 9.15. The first-order valence-corrected chi connectivity index (χ1v) is 10.6. The zero-order valence-electron chi connectivity index (χ0n) is 15.0. The van der Waals surface area contributed by atoms with Crippen LogP contribution in [0.25, 0.3) is 0 Å². The molecular weight excluding hydrogens is 344 g/mol. The second kappa shape index (κ2) is 6.50. The number of anilines is 1. The number of aromatic hydroxyl groups is 1. The number of piperidine rings is 1. The summed E-state index contributed by atoms with van der Waals surface area (Å²) in [7, 11) is 0. The number of para-hydroxylation sites is 1. The highest BCUT2D eigenvalue weighted by Crippen LogP contribution is 2.49. The number of hydrogen-bond donors (Lipinski definition) is 1. The number of aromatic nitrogens is 2. The third kappa shape index (κ3) is 2.89. The highest BCUT2D eigenvalue weighted by molar-refractivity contribution is 7.13. The van der Waals surface area contributed by atoms with Crippen LogP contribution in [0.1, 0.15) is 43.6 Å². The molecule has 5 nitrogen and oxygen atoms in total. The van der Waals surface area contributed by atoms with E-state index in [2.05, 4.69) is 26.1 Å². The molecule has 1 aromatic carbocycles. The second-order valence-electron chi connectivity index (χ2n) is 8.34. The molecule has 5 rings (SSSR count). The molecule has 1 atom stereocenters. The van der Waals surface area contributed by atoms with E-state index in [1.807, 2.05) is 23.7 Å². The first-order chi connectivity index (χ1) is 12.7. The molecule has 1 unspecified atom stereocenters. The van der Waals surface area contributed by atoms with Crippen molar-refractivity contribution in [2.45, 2.75) is 44.1 Å². The molecule has 3 aliphatic rings. The highest BCUT2D eigenvalue weighted by atomic mass is 32.1. The summed E-state index contributed by atoms with van der Waals surface area (Å²) < 4.78 is 0. The van der Waals surface area contributed by atoms with Gasteiger partial charge in [0.25, 0.3) is 0 Å². The Morgan fingerprint density at radius 3 is 2.65 bits per heavy atom. The molecule has 1 aromatic heterocycles. The van der Waals surface area contributed by atoms with Crippen LogP contribution in [0.2, 0.25) is 0 Å². The maximum atomic E-state index is 10.1. The lowest BCUT2D eigenvalue weighted by atomic mass is 9.78. The van der Waals surface area contributed by atoms with Gasteiger partial charge in [-0.2, -0.15) is 0 Å². The Kier molecular flexibility index (Phi) is 4.13. The number of benzene rings is 1. The SMILES string of the molecule is Oc1ccccc1C1CCN(C2CCC3(C2)CN(c2nncs2)C3)CC1. The van der Waals surface area contributed by atoms with Crippen molar-refractivity contribution in [2.75, 3.05) is 31.1 Å². The fourth-order valence-electron chi connectivity index (χ4n) is 5.39. The van der Waals surface area contributed by atoms with Crippen molar-refractivity contribution >= 4 is 16.5 Å². The number of rotatable bonds is 3. The molecule has 3 fully saturated rings. The lowest BCUT2D eigenvalue weighted by molar-refractivity contribution is 0.131. The Morgan fingerprint density at radius 2 is 1.92 bits per heavy atom. The summed E-state index contributed by atoms with van der Waals surface area (Å²) in [4.78, 5) is 5.11. The molecule has 1 spiro atoms. The summed E-state index contributed by atoms with van der Waals surface area (Å²) >= 11 is 1.65. The van der Waals surface area contributed by atoms with Crippen LogP contribution in [0.5, 0.6) is 5.75 Å². The Balaban J connectivity index is 1.16. The predicted octanol–water partition coefficient (Wildman–Crippen LogP) is 3.48. The standard InChI is InChI=1S/C20H26N4OS/c25-18-4-2-1-3-17(18)15-6-9-23(10-7-15)16-5-8-20(11-16)12-24(13-20)19-22-21-14-26-19/h1-4,14-16,25H,5-13H2. The lowest BCUT2D eigenvalue weighted by Gasteiger charge is -2.48.